The molecule has 0 radical (unpaired) electrons. The Morgan fingerprint density at radius 3 is 2.81 bits per heavy atom. The molecule has 0 bridgehead atoms. The van der Waals surface area contributed by atoms with E-state index < -0.39 is 28.8 Å². The Kier molecular flexibility index (Phi) is 5.13. The molecule has 0 fully saturated rings. The van der Waals surface area contributed by atoms with Gasteiger partial charge in [0.1, 0.15) is 5.82 Å². The summed E-state index contributed by atoms with van der Waals surface area (Å²) < 4.78 is 20.4. The summed E-state index contributed by atoms with van der Waals surface area (Å²) in [7, 11) is 0. The summed E-state index contributed by atoms with van der Waals surface area (Å²) in [6.07, 6.45) is 1.92. The lowest BCUT2D eigenvalue weighted by atomic mass is 10.1. The highest BCUT2D eigenvalue weighted by molar-refractivity contribution is 6.08. The molecule has 7 nitrogen and oxygen atoms in total. The summed E-state index contributed by atoms with van der Waals surface area (Å²) in [5.74, 6) is -1.40. The molecule has 3 rings (SSSR count). The molecule has 0 unspecified atom stereocenters. The molecule has 3 aromatic rings. The number of nitro groups is 1. The first kappa shape index (κ1) is 18.1. The summed E-state index contributed by atoms with van der Waals surface area (Å²) in [5, 5.41) is 20.5. The van der Waals surface area contributed by atoms with Gasteiger partial charge < -0.3 is 9.30 Å². The molecule has 0 aliphatic carbocycles. The van der Waals surface area contributed by atoms with Gasteiger partial charge in [0.2, 0.25) is 5.78 Å². The van der Waals surface area contributed by atoms with E-state index in [4.69, 9.17) is 10.00 Å². The first-order chi connectivity index (χ1) is 13.0. The molecule has 27 heavy (non-hydrogen) atoms. The Labute approximate surface area is 153 Å². The molecule has 0 saturated heterocycles. The topological polar surface area (TPSA) is 98.2 Å². The van der Waals surface area contributed by atoms with E-state index in [9.17, 15) is 19.3 Å². The van der Waals surface area contributed by atoms with Crippen molar-refractivity contribution in [3.63, 3.8) is 0 Å². The number of halogens is 1. The van der Waals surface area contributed by atoms with Crippen molar-refractivity contribution in [2.45, 2.75) is 13.0 Å². The van der Waals surface area contributed by atoms with Gasteiger partial charge in [-0.3, -0.25) is 14.9 Å². The molecular formula is C19H14FN3O4. The fourth-order valence-corrected chi connectivity index (χ4v) is 2.80. The Bertz CT molecular complexity index is 1070. The van der Waals surface area contributed by atoms with Crippen LogP contribution in [0.25, 0.3) is 10.9 Å². The van der Waals surface area contributed by atoms with Crippen LogP contribution in [-0.4, -0.2) is 21.9 Å². The minimum Gasteiger partial charge on any atom is -0.478 e. The lowest BCUT2D eigenvalue weighted by molar-refractivity contribution is -0.385. The number of nitro benzene ring substituents is 1. The predicted molar refractivity (Wildman–Crippen MR) is 95.0 cm³/mol. The highest BCUT2D eigenvalue weighted by atomic mass is 19.1. The number of carbonyl (C=O) groups excluding carboxylic acids is 1. The minimum atomic E-state index is -0.701. The maximum Gasteiger partial charge on any atom is 0.311 e. The number of fused-ring (bicyclic) bond motifs is 1. The molecule has 2 aromatic carbocycles. The zero-order valence-corrected chi connectivity index (χ0v) is 14.1. The third-order valence-electron chi connectivity index (χ3n) is 4.03. The highest BCUT2D eigenvalue weighted by Crippen LogP contribution is 2.28. The summed E-state index contributed by atoms with van der Waals surface area (Å²) in [6.45, 7) is -0.0446. The van der Waals surface area contributed by atoms with E-state index >= 15 is 0 Å². The summed E-state index contributed by atoms with van der Waals surface area (Å²) in [6, 6.07) is 12.1. The third kappa shape index (κ3) is 3.77. The second-order valence-corrected chi connectivity index (χ2v) is 5.74. The number of hydrogen-bond acceptors (Lipinski definition) is 5. The molecule has 1 heterocycles. The zero-order valence-electron chi connectivity index (χ0n) is 14.1. The molecule has 0 aliphatic rings. The van der Waals surface area contributed by atoms with Gasteiger partial charge in [-0.1, -0.05) is 18.2 Å². The molecule has 0 aliphatic heterocycles. The number of Topliss-reactive ketones (excluding diaryl/α,β-unsaturated/α-hetero) is 1. The Morgan fingerprint density at radius 1 is 1.30 bits per heavy atom. The van der Waals surface area contributed by atoms with Gasteiger partial charge in [0.05, 0.1) is 17.4 Å². The van der Waals surface area contributed by atoms with Crippen LogP contribution in [-0.2, 0) is 6.54 Å². The summed E-state index contributed by atoms with van der Waals surface area (Å²) in [5.41, 5.74) is 0.760. The van der Waals surface area contributed by atoms with Crippen molar-refractivity contribution >= 4 is 22.4 Å². The van der Waals surface area contributed by atoms with Gasteiger partial charge in [0.25, 0.3) is 0 Å². The van der Waals surface area contributed by atoms with Crippen molar-refractivity contribution < 1.29 is 18.8 Å². The maximum absolute atomic E-state index is 13.4. The summed E-state index contributed by atoms with van der Waals surface area (Å²) >= 11 is 0. The number of benzene rings is 2. The molecule has 8 heteroatoms. The van der Waals surface area contributed by atoms with E-state index in [1.54, 1.807) is 22.9 Å². The standard InChI is InChI=1S/C19H14FN3O4/c20-13-6-7-17(23(25)26)19(10-13)27-12-18(24)15-11-22(9-3-8-21)16-5-2-1-4-14(15)16/h1-2,4-7,10-11H,3,9,12H2. The number of rotatable bonds is 7. The average molecular weight is 367 g/mol. The Balaban J connectivity index is 1.87. The van der Waals surface area contributed by atoms with Crippen LogP contribution in [0.1, 0.15) is 16.8 Å². The van der Waals surface area contributed by atoms with E-state index in [-0.39, 0.29) is 12.2 Å². The van der Waals surface area contributed by atoms with Crippen LogP contribution in [0.3, 0.4) is 0 Å². The number of ketones is 1. The second-order valence-electron chi connectivity index (χ2n) is 5.74. The monoisotopic (exact) mass is 367 g/mol. The fourth-order valence-electron chi connectivity index (χ4n) is 2.80. The summed E-state index contributed by atoms with van der Waals surface area (Å²) in [4.78, 5) is 22.9. The van der Waals surface area contributed by atoms with E-state index in [1.165, 1.54) is 0 Å². The van der Waals surface area contributed by atoms with Crippen molar-refractivity contribution in [3.8, 4) is 11.8 Å². The normalized spacial score (nSPS) is 10.5. The van der Waals surface area contributed by atoms with Gasteiger partial charge in [-0.05, 0) is 12.1 Å². The molecular weight excluding hydrogens is 353 g/mol. The van der Waals surface area contributed by atoms with Crippen LogP contribution >= 0.6 is 0 Å². The number of nitriles is 1. The maximum atomic E-state index is 13.4. The number of carbonyl (C=O) groups is 1. The van der Waals surface area contributed by atoms with Gasteiger partial charge in [0.15, 0.2) is 12.4 Å². The van der Waals surface area contributed by atoms with Crippen molar-refractivity contribution in [1.82, 2.24) is 4.57 Å². The molecule has 0 saturated carbocycles. The van der Waals surface area contributed by atoms with Crippen molar-refractivity contribution in [1.29, 1.82) is 5.26 Å². The number of para-hydroxylation sites is 1. The van der Waals surface area contributed by atoms with Crippen LogP contribution in [0, 0.1) is 27.3 Å². The van der Waals surface area contributed by atoms with Gasteiger partial charge in [-0.15, -0.1) is 0 Å². The van der Waals surface area contributed by atoms with Crippen molar-refractivity contribution in [3.05, 3.63) is 70.2 Å². The van der Waals surface area contributed by atoms with Crippen LogP contribution < -0.4 is 4.74 Å². The number of ether oxygens (including phenoxy) is 1. The number of aromatic nitrogens is 1. The van der Waals surface area contributed by atoms with E-state index in [2.05, 4.69) is 6.07 Å². The predicted octanol–water partition coefficient (Wildman–Crippen LogP) is 3.86. The van der Waals surface area contributed by atoms with E-state index in [0.29, 0.717) is 17.5 Å². The largest absolute Gasteiger partial charge is 0.478 e. The number of hydrogen-bond donors (Lipinski definition) is 0. The smallest absolute Gasteiger partial charge is 0.311 e. The molecule has 0 spiro atoms. The Hall–Kier alpha value is -3.73. The minimum absolute atomic E-state index is 0.290. The quantitative estimate of drug-likeness (QED) is 0.359. The van der Waals surface area contributed by atoms with Gasteiger partial charge in [-0.25, -0.2) is 4.39 Å². The Morgan fingerprint density at radius 2 is 2.07 bits per heavy atom. The van der Waals surface area contributed by atoms with Gasteiger partial charge in [0, 0.05) is 41.3 Å². The first-order valence-electron chi connectivity index (χ1n) is 8.06. The van der Waals surface area contributed by atoms with Crippen LogP contribution in [0.5, 0.6) is 5.75 Å². The van der Waals surface area contributed by atoms with Gasteiger partial charge in [-0.2, -0.15) is 5.26 Å². The molecule has 0 amide bonds. The lowest BCUT2D eigenvalue weighted by Crippen LogP contribution is -2.12. The van der Waals surface area contributed by atoms with E-state index in [1.807, 2.05) is 12.1 Å². The lowest BCUT2D eigenvalue weighted by Gasteiger charge is -2.06. The average Bonchev–Trinajstić information content (AvgIpc) is 3.03. The fraction of sp³-hybridized carbons (Fsp3) is 0.158. The molecule has 0 atom stereocenters. The van der Waals surface area contributed by atoms with Crippen molar-refractivity contribution in [2.75, 3.05) is 6.61 Å². The first-order valence-corrected chi connectivity index (χ1v) is 8.06. The zero-order chi connectivity index (χ0) is 19.4. The molecule has 0 N–H and O–H groups in total. The number of aryl methyl sites for hydroxylation is 1. The van der Waals surface area contributed by atoms with Crippen LogP contribution in [0.2, 0.25) is 0 Å². The molecule has 136 valence electrons. The number of nitrogens with zero attached hydrogens (tertiary/aromatic N) is 3. The highest BCUT2D eigenvalue weighted by Gasteiger charge is 2.19. The van der Waals surface area contributed by atoms with Crippen LogP contribution in [0.15, 0.2) is 48.7 Å². The SMILES string of the molecule is N#CCCn1cc(C(=O)COc2cc(F)ccc2[N+](=O)[O-])c2ccccc21. The van der Waals surface area contributed by atoms with E-state index in [0.717, 1.165) is 23.7 Å². The van der Waals surface area contributed by atoms with Crippen LogP contribution in [0.4, 0.5) is 10.1 Å². The van der Waals surface area contributed by atoms with Crippen molar-refractivity contribution in [2.24, 2.45) is 0 Å². The van der Waals surface area contributed by atoms with Gasteiger partial charge >= 0.3 is 5.69 Å². The second kappa shape index (κ2) is 7.66. The molecule has 1 aromatic heterocycles. The third-order valence-corrected chi connectivity index (χ3v) is 4.03.